The highest BCUT2D eigenvalue weighted by Gasteiger charge is 2.13. The van der Waals surface area contributed by atoms with Crippen LogP contribution < -0.4 is 10.1 Å². The maximum absolute atomic E-state index is 12.1. The lowest BCUT2D eigenvalue weighted by Crippen LogP contribution is -2.31. The van der Waals surface area contributed by atoms with Crippen molar-refractivity contribution in [2.75, 3.05) is 6.61 Å². The van der Waals surface area contributed by atoms with Gasteiger partial charge in [-0.1, -0.05) is 42.5 Å². The van der Waals surface area contributed by atoms with Crippen LogP contribution >= 0.6 is 0 Å². The maximum Gasteiger partial charge on any atom is 0.308 e. The fraction of sp³-hybridized carbons (Fsp3) is 0.222. The van der Waals surface area contributed by atoms with E-state index >= 15 is 0 Å². The van der Waals surface area contributed by atoms with Crippen molar-refractivity contribution in [3.05, 3.63) is 65.7 Å². The zero-order valence-electron chi connectivity index (χ0n) is 12.9. The van der Waals surface area contributed by atoms with Gasteiger partial charge >= 0.3 is 5.97 Å². The molecule has 2 N–H and O–H groups in total. The summed E-state index contributed by atoms with van der Waals surface area (Å²) >= 11 is 0. The van der Waals surface area contributed by atoms with Crippen LogP contribution in [0.15, 0.2) is 54.6 Å². The van der Waals surface area contributed by atoms with Gasteiger partial charge in [0.15, 0.2) is 0 Å². The first kappa shape index (κ1) is 16.7. The van der Waals surface area contributed by atoms with E-state index in [1.54, 1.807) is 24.3 Å². The predicted octanol–water partition coefficient (Wildman–Crippen LogP) is 2.00. The Morgan fingerprint density at radius 1 is 1.09 bits per heavy atom. The van der Waals surface area contributed by atoms with E-state index in [1.807, 2.05) is 30.3 Å². The Labute approximate surface area is 134 Å². The largest absolute Gasteiger partial charge is 0.427 e. The first-order valence-corrected chi connectivity index (χ1v) is 7.31. The van der Waals surface area contributed by atoms with Crippen LogP contribution in [0.25, 0.3) is 0 Å². The average molecular weight is 313 g/mol. The fourth-order valence-electron chi connectivity index (χ4n) is 2.19. The van der Waals surface area contributed by atoms with E-state index in [1.165, 1.54) is 6.92 Å². The number of rotatable bonds is 6. The van der Waals surface area contributed by atoms with Gasteiger partial charge in [0.1, 0.15) is 5.75 Å². The molecule has 0 saturated carbocycles. The van der Waals surface area contributed by atoms with E-state index in [0.29, 0.717) is 5.75 Å². The number of carbonyl (C=O) groups excluding carboxylic acids is 2. The maximum atomic E-state index is 12.1. The van der Waals surface area contributed by atoms with Gasteiger partial charge < -0.3 is 15.2 Å². The molecule has 1 amide bonds. The second-order valence-corrected chi connectivity index (χ2v) is 5.13. The minimum absolute atomic E-state index is 0.166. The lowest BCUT2D eigenvalue weighted by molar-refractivity contribution is -0.131. The van der Waals surface area contributed by atoms with E-state index in [-0.39, 0.29) is 24.9 Å². The number of nitrogens with one attached hydrogen (secondary N) is 1. The SMILES string of the molecule is CC(=O)Oc1ccc(CC(=O)N[C@H](CO)c2ccccc2)cc1. The molecule has 0 unspecified atom stereocenters. The number of aliphatic hydroxyl groups excluding tert-OH is 1. The Morgan fingerprint density at radius 3 is 2.30 bits per heavy atom. The molecule has 0 heterocycles. The number of amides is 1. The molecule has 2 aromatic rings. The topological polar surface area (TPSA) is 75.6 Å². The van der Waals surface area contributed by atoms with Gasteiger partial charge in [-0.05, 0) is 23.3 Å². The van der Waals surface area contributed by atoms with Crippen LogP contribution in [-0.4, -0.2) is 23.6 Å². The zero-order valence-corrected chi connectivity index (χ0v) is 12.9. The van der Waals surface area contributed by atoms with Crippen LogP contribution in [0, 0.1) is 0 Å². The van der Waals surface area contributed by atoms with Crippen molar-refractivity contribution >= 4 is 11.9 Å². The van der Waals surface area contributed by atoms with Crippen LogP contribution in [0.3, 0.4) is 0 Å². The quantitative estimate of drug-likeness (QED) is 0.632. The molecule has 2 aromatic carbocycles. The Bertz CT molecular complexity index is 652. The summed E-state index contributed by atoms with van der Waals surface area (Å²) in [5.41, 5.74) is 1.65. The summed E-state index contributed by atoms with van der Waals surface area (Å²) in [6.45, 7) is 1.17. The molecule has 0 aliphatic carbocycles. The van der Waals surface area contributed by atoms with Crippen molar-refractivity contribution in [1.82, 2.24) is 5.32 Å². The fourth-order valence-corrected chi connectivity index (χ4v) is 2.19. The van der Waals surface area contributed by atoms with Crippen molar-refractivity contribution < 1.29 is 19.4 Å². The van der Waals surface area contributed by atoms with Crippen LogP contribution in [0.5, 0.6) is 5.75 Å². The van der Waals surface area contributed by atoms with Crippen LogP contribution in [0.4, 0.5) is 0 Å². The van der Waals surface area contributed by atoms with E-state index < -0.39 is 6.04 Å². The second kappa shape index (κ2) is 8.10. The number of hydrogen-bond acceptors (Lipinski definition) is 4. The van der Waals surface area contributed by atoms with Gasteiger partial charge in [-0.25, -0.2) is 0 Å². The van der Waals surface area contributed by atoms with Crippen molar-refractivity contribution in [3.63, 3.8) is 0 Å². The molecule has 0 saturated heterocycles. The van der Waals surface area contributed by atoms with Gasteiger partial charge in [0.2, 0.25) is 5.91 Å². The summed E-state index contributed by atoms with van der Waals surface area (Å²) in [6.07, 6.45) is 0.184. The minimum atomic E-state index is -0.427. The molecule has 0 bridgehead atoms. The summed E-state index contributed by atoms with van der Waals surface area (Å²) < 4.78 is 4.94. The molecule has 0 aromatic heterocycles. The van der Waals surface area contributed by atoms with Crippen molar-refractivity contribution in [2.45, 2.75) is 19.4 Å². The third-order valence-electron chi connectivity index (χ3n) is 3.27. The summed E-state index contributed by atoms with van der Waals surface area (Å²) in [5, 5.41) is 12.3. The summed E-state index contributed by atoms with van der Waals surface area (Å²) in [7, 11) is 0. The van der Waals surface area contributed by atoms with Gasteiger partial charge in [-0.2, -0.15) is 0 Å². The minimum Gasteiger partial charge on any atom is -0.427 e. The number of esters is 1. The normalized spacial score (nSPS) is 11.6. The van der Waals surface area contributed by atoms with Crippen LogP contribution in [-0.2, 0) is 16.0 Å². The Hall–Kier alpha value is -2.66. The van der Waals surface area contributed by atoms with Gasteiger partial charge in [0.25, 0.3) is 0 Å². The van der Waals surface area contributed by atoms with Gasteiger partial charge in [-0.3, -0.25) is 9.59 Å². The highest BCUT2D eigenvalue weighted by molar-refractivity contribution is 5.79. The van der Waals surface area contributed by atoms with Crippen LogP contribution in [0.2, 0.25) is 0 Å². The number of ether oxygens (including phenoxy) is 1. The van der Waals surface area contributed by atoms with Gasteiger partial charge in [-0.15, -0.1) is 0 Å². The summed E-state index contributed by atoms with van der Waals surface area (Å²) in [4.78, 5) is 23.0. The van der Waals surface area contributed by atoms with E-state index in [0.717, 1.165) is 11.1 Å². The second-order valence-electron chi connectivity index (χ2n) is 5.13. The van der Waals surface area contributed by atoms with E-state index in [4.69, 9.17) is 4.74 Å². The van der Waals surface area contributed by atoms with Gasteiger partial charge in [0, 0.05) is 6.92 Å². The number of aliphatic hydroxyl groups is 1. The Morgan fingerprint density at radius 2 is 1.74 bits per heavy atom. The first-order chi connectivity index (χ1) is 11.1. The number of benzene rings is 2. The molecule has 120 valence electrons. The Kier molecular flexibility index (Phi) is 5.88. The Balaban J connectivity index is 1.94. The monoisotopic (exact) mass is 313 g/mol. The molecule has 0 aliphatic heterocycles. The molecule has 5 heteroatoms. The number of carbonyl (C=O) groups is 2. The van der Waals surface area contributed by atoms with Crippen molar-refractivity contribution in [3.8, 4) is 5.75 Å². The van der Waals surface area contributed by atoms with E-state index in [2.05, 4.69) is 5.32 Å². The molecule has 0 aliphatic rings. The van der Waals surface area contributed by atoms with Crippen molar-refractivity contribution in [2.24, 2.45) is 0 Å². The molecule has 2 rings (SSSR count). The highest BCUT2D eigenvalue weighted by atomic mass is 16.5. The smallest absolute Gasteiger partial charge is 0.308 e. The standard InChI is InChI=1S/C18H19NO4/c1-13(21)23-16-9-7-14(8-10-16)11-18(22)19-17(12-20)15-5-3-2-4-6-15/h2-10,17,20H,11-12H2,1H3,(H,19,22)/t17-/m1/s1. The summed E-state index contributed by atoms with van der Waals surface area (Å²) in [5.74, 6) is -0.128. The lowest BCUT2D eigenvalue weighted by Gasteiger charge is -2.16. The molecule has 5 nitrogen and oxygen atoms in total. The zero-order chi connectivity index (χ0) is 16.7. The van der Waals surface area contributed by atoms with Crippen molar-refractivity contribution in [1.29, 1.82) is 0 Å². The molecule has 0 radical (unpaired) electrons. The summed E-state index contributed by atoms with van der Waals surface area (Å²) in [6, 6.07) is 15.6. The first-order valence-electron chi connectivity index (χ1n) is 7.31. The van der Waals surface area contributed by atoms with E-state index in [9.17, 15) is 14.7 Å². The molecular weight excluding hydrogens is 294 g/mol. The third-order valence-corrected chi connectivity index (χ3v) is 3.27. The molecule has 1 atom stereocenters. The molecular formula is C18H19NO4. The highest BCUT2D eigenvalue weighted by Crippen LogP contribution is 2.14. The average Bonchev–Trinajstić information content (AvgIpc) is 2.55. The predicted molar refractivity (Wildman–Crippen MR) is 85.9 cm³/mol. The van der Waals surface area contributed by atoms with Crippen LogP contribution in [0.1, 0.15) is 24.1 Å². The molecule has 0 fully saturated rings. The van der Waals surface area contributed by atoms with Gasteiger partial charge in [0.05, 0.1) is 19.1 Å². The lowest BCUT2D eigenvalue weighted by atomic mass is 10.1. The molecule has 0 spiro atoms. The molecule has 23 heavy (non-hydrogen) atoms. The number of hydrogen-bond donors (Lipinski definition) is 2. The third kappa shape index (κ3) is 5.23.